The molecule has 0 atom stereocenters. The van der Waals surface area contributed by atoms with Crippen LogP contribution in [0.2, 0.25) is 19.6 Å². The predicted molar refractivity (Wildman–Crippen MR) is 92.7 cm³/mol. The molecule has 2 aromatic heterocycles. The number of nitrogens with zero attached hydrogens (tertiary/aromatic N) is 2. The Morgan fingerprint density at radius 1 is 1.13 bits per heavy atom. The standard InChI is InChI=1S/C18H17N2OSi.Ir/c1-22(2,3)16-10-9-14(20-12-6-11-19-20)18-17(16)13-7-4-5-8-15(13)21-18;/h4-8,10-12H,1-3H3;/q-1;. The molecule has 5 heteroatoms. The van der Waals surface area contributed by atoms with Crippen LogP contribution in [0.5, 0.6) is 0 Å². The molecule has 1 radical (unpaired) electrons. The number of rotatable bonds is 2. The molecule has 0 saturated carbocycles. The van der Waals surface area contributed by atoms with E-state index in [1.54, 1.807) is 6.20 Å². The average Bonchev–Trinajstić information content (AvgIpc) is 3.12. The first-order chi connectivity index (χ1) is 10.6. The molecule has 0 aliphatic carbocycles. The molecular formula is C18H17IrN2OSi-. The largest absolute Gasteiger partial charge is 0.513 e. The summed E-state index contributed by atoms with van der Waals surface area (Å²) in [4.78, 5) is 0. The number of aromatic nitrogens is 2. The van der Waals surface area contributed by atoms with Crippen molar-refractivity contribution in [2.75, 3.05) is 0 Å². The van der Waals surface area contributed by atoms with Crippen molar-refractivity contribution in [3.63, 3.8) is 0 Å². The van der Waals surface area contributed by atoms with Crippen LogP contribution in [-0.4, -0.2) is 17.9 Å². The van der Waals surface area contributed by atoms with E-state index >= 15 is 0 Å². The van der Waals surface area contributed by atoms with Crippen LogP contribution >= 0.6 is 0 Å². The fourth-order valence-electron chi connectivity index (χ4n) is 2.92. The SMILES string of the molecule is C[Si](C)(C)c1c[c-]c(-n2cccn2)c2oc3ccccc3c12.[Ir]. The van der Waals surface area contributed by atoms with E-state index in [1.165, 1.54) is 16.0 Å². The molecule has 4 aromatic rings. The Balaban J connectivity index is 0.00000156. The molecule has 0 fully saturated rings. The molecule has 0 saturated heterocycles. The van der Waals surface area contributed by atoms with Crippen LogP contribution < -0.4 is 5.19 Å². The fourth-order valence-corrected chi connectivity index (χ4v) is 4.42. The third-order valence-electron chi connectivity index (χ3n) is 3.97. The first-order valence-corrected chi connectivity index (χ1v) is 10.9. The summed E-state index contributed by atoms with van der Waals surface area (Å²) in [5, 5.41) is 8.11. The Labute approximate surface area is 149 Å². The molecule has 23 heavy (non-hydrogen) atoms. The molecule has 0 bridgehead atoms. The maximum Gasteiger partial charge on any atom is 0.116 e. The fraction of sp³-hybridized carbons (Fsp3) is 0.167. The van der Waals surface area contributed by atoms with Gasteiger partial charge in [-0.1, -0.05) is 43.2 Å². The molecule has 4 rings (SSSR count). The van der Waals surface area contributed by atoms with Gasteiger partial charge in [0.1, 0.15) is 5.58 Å². The van der Waals surface area contributed by atoms with Gasteiger partial charge >= 0.3 is 0 Å². The monoisotopic (exact) mass is 498 g/mol. The van der Waals surface area contributed by atoms with E-state index in [-0.39, 0.29) is 20.1 Å². The Morgan fingerprint density at radius 2 is 1.91 bits per heavy atom. The van der Waals surface area contributed by atoms with E-state index in [9.17, 15) is 0 Å². The molecule has 0 unspecified atom stereocenters. The quantitative estimate of drug-likeness (QED) is 0.308. The zero-order chi connectivity index (χ0) is 15.3. The van der Waals surface area contributed by atoms with Gasteiger partial charge in [0.15, 0.2) is 0 Å². The smallest absolute Gasteiger partial charge is 0.116 e. The van der Waals surface area contributed by atoms with Crippen molar-refractivity contribution in [3.05, 3.63) is 54.9 Å². The van der Waals surface area contributed by atoms with E-state index in [0.717, 1.165) is 16.9 Å². The summed E-state index contributed by atoms with van der Waals surface area (Å²) in [5.41, 5.74) is 2.67. The zero-order valence-electron chi connectivity index (χ0n) is 13.3. The number of furan rings is 1. The molecule has 2 heterocycles. The predicted octanol–water partition coefficient (Wildman–Crippen LogP) is 4.11. The van der Waals surface area contributed by atoms with Crippen molar-refractivity contribution in [1.29, 1.82) is 0 Å². The van der Waals surface area contributed by atoms with Crippen molar-refractivity contribution in [2.24, 2.45) is 0 Å². The summed E-state index contributed by atoms with van der Waals surface area (Å²) in [7, 11) is -1.51. The summed E-state index contributed by atoms with van der Waals surface area (Å²) in [6, 6.07) is 15.7. The van der Waals surface area contributed by atoms with E-state index in [2.05, 4.69) is 49.0 Å². The maximum atomic E-state index is 6.17. The molecule has 0 aliphatic rings. The van der Waals surface area contributed by atoms with Crippen LogP contribution in [0, 0.1) is 6.07 Å². The molecule has 2 aromatic carbocycles. The first kappa shape index (κ1) is 16.2. The Hall–Kier alpha value is -1.68. The number of benzene rings is 2. The molecule has 3 nitrogen and oxygen atoms in total. The molecular weight excluding hydrogens is 481 g/mol. The minimum atomic E-state index is -1.51. The van der Waals surface area contributed by atoms with Crippen molar-refractivity contribution in [3.8, 4) is 5.69 Å². The van der Waals surface area contributed by atoms with Gasteiger partial charge in [-0.15, -0.1) is 5.19 Å². The third kappa shape index (κ3) is 2.59. The minimum Gasteiger partial charge on any atom is -0.513 e. The number of para-hydroxylation sites is 1. The molecule has 0 N–H and O–H groups in total. The van der Waals surface area contributed by atoms with Gasteiger partial charge < -0.3 is 4.42 Å². The van der Waals surface area contributed by atoms with Crippen LogP contribution in [0.15, 0.2) is 53.2 Å². The van der Waals surface area contributed by atoms with E-state index in [1.807, 2.05) is 29.1 Å². The Morgan fingerprint density at radius 3 is 2.61 bits per heavy atom. The molecule has 0 spiro atoms. The topological polar surface area (TPSA) is 31.0 Å². The number of hydrogen-bond acceptors (Lipinski definition) is 2. The van der Waals surface area contributed by atoms with Gasteiger partial charge in [-0.2, -0.15) is 17.2 Å². The van der Waals surface area contributed by atoms with Gasteiger partial charge in [0.05, 0.1) is 0 Å². The van der Waals surface area contributed by atoms with Gasteiger partial charge in [0.2, 0.25) is 0 Å². The van der Waals surface area contributed by atoms with Crippen LogP contribution in [0.3, 0.4) is 0 Å². The second-order valence-corrected chi connectivity index (χ2v) is 11.6. The van der Waals surface area contributed by atoms with Crippen LogP contribution in [0.25, 0.3) is 27.6 Å². The van der Waals surface area contributed by atoms with Gasteiger partial charge in [-0.05, 0) is 17.8 Å². The van der Waals surface area contributed by atoms with Crippen LogP contribution in [0.4, 0.5) is 0 Å². The summed E-state index contributed by atoms with van der Waals surface area (Å²) < 4.78 is 7.99. The molecule has 119 valence electrons. The summed E-state index contributed by atoms with van der Waals surface area (Å²) in [5.74, 6) is 0. The van der Waals surface area contributed by atoms with Crippen molar-refractivity contribution < 1.29 is 24.5 Å². The van der Waals surface area contributed by atoms with Gasteiger partial charge in [-0.25, -0.2) is 0 Å². The van der Waals surface area contributed by atoms with Crippen LogP contribution in [0.1, 0.15) is 0 Å². The first-order valence-electron chi connectivity index (χ1n) is 7.42. The summed E-state index contributed by atoms with van der Waals surface area (Å²) >= 11 is 0. The number of fused-ring (bicyclic) bond motifs is 3. The normalized spacial score (nSPS) is 11.8. The van der Waals surface area contributed by atoms with Gasteiger partial charge in [-0.3, -0.25) is 4.68 Å². The Bertz CT molecular complexity index is 968. The zero-order valence-corrected chi connectivity index (χ0v) is 16.6. The molecule has 0 aliphatic heterocycles. The summed E-state index contributed by atoms with van der Waals surface area (Å²) in [6.45, 7) is 7.06. The average molecular weight is 498 g/mol. The van der Waals surface area contributed by atoms with E-state index in [4.69, 9.17) is 4.42 Å². The van der Waals surface area contributed by atoms with Crippen molar-refractivity contribution in [2.45, 2.75) is 19.6 Å². The second kappa shape index (κ2) is 5.75. The van der Waals surface area contributed by atoms with Crippen LogP contribution in [-0.2, 0) is 20.1 Å². The third-order valence-corrected chi connectivity index (χ3v) is 5.98. The molecule has 0 amide bonds. The second-order valence-electron chi connectivity index (χ2n) is 6.55. The van der Waals surface area contributed by atoms with Gasteiger partial charge in [0, 0.05) is 51.5 Å². The van der Waals surface area contributed by atoms with Gasteiger partial charge in [0.25, 0.3) is 0 Å². The van der Waals surface area contributed by atoms with Crippen molar-refractivity contribution >= 4 is 35.2 Å². The maximum absolute atomic E-state index is 6.17. The Kier molecular flexibility index (Phi) is 4.04. The number of hydrogen-bond donors (Lipinski definition) is 0. The summed E-state index contributed by atoms with van der Waals surface area (Å²) in [6.07, 6.45) is 3.70. The van der Waals surface area contributed by atoms with E-state index < -0.39 is 8.07 Å². The van der Waals surface area contributed by atoms with Crippen molar-refractivity contribution in [1.82, 2.24) is 9.78 Å². The van der Waals surface area contributed by atoms with E-state index in [0.29, 0.717) is 0 Å². The minimum absolute atomic E-state index is 0.